The third-order valence-corrected chi connectivity index (χ3v) is 3.20. The van der Waals surface area contributed by atoms with Crippen molar-refractivity contribution in [2.75, 3.05) is 45.8 Å². The lowest BCUT2D eigenvalue weighted by molar-refractivity contribution is -0.155. The molecule has 0 saturated carbocycles. The summed E-state index contributed by atoms with van der Waals surface area (Å²) >= 11 is 0. The van der Waals surface area contributed by atoms with E-state index >= 15 is 0 Å². The molecule has 8 heteroatoms. The highest BCUT2D eigenvalue weighted by Gasteiger charge is 2.30. The number of carboxylic acid groups (broad SMARTS) is 1. The van der Waals surface area contributed by atoms with Gasteiger partial charge < -0.3 is 31.1 Å². The highest BCUT2D eigenvalue weighted by atomic mass is 16.4. The maximum atomic E-state index is 11.4. The van der Waals surface area contributed by atoms with Gasteiger partial charge in [-0.15, -0.1) is 0 Å². The number of amides is 2. The predicted molar refractivity (Wildman–Crippen MR) is 73.6 cm³/mol. The molecule has 5 N–H and O–H groups in total. The van der Waals surface area contributed by atoms with E-state index in [1.165, 1.54) is 0 Å². The van der Waals surface area contributed by atoms with E-state index in [1.54, 1.807) is 0 Å². The van der Waals surface area contributed by atoms with Gasteiger partial charge in [-0.1, -0.05) is 0 Å². The molecule has 1 rings (SSSR count). The fraction of sp³-hybridized carbons (Fsp3) is 0.833. The molecule has 1 unspecified atom stereocenters. The number of carbonyl (C=O) groups is 2. The van der Waals surface area contributed by atoms with Crippen LogP contribution < -0.4 is 16.0 Å². The fourth-order valence-electron chi connectivity index (χ4n) is 1.83. The molecule has 1 heterocycles. The smallest absolute Gasteiger partial charge is 0.337 e. The molecule has 1 aliphatic heterocycles. The van der Waals surface area contributed by atoms with Crippen molar-refractivity contribution in [3.8, 4) is 0 Å². The molecule has 0 spiro atoms. The molecule has 20 heavy (non-hydrogen) atoms. The Labute approximate surface area is 118 Å². The number of nitrogens with one attached hydrogen (secondary N) is 3. The number of piperazine rings is 1. The fourth-order valence-corrected chi connectivity index (χ4v) is 1.83. The van der Waals surface area contributed by atoms with Crippen LogP contribution in [0.3, 0.4) is 0 Å². The van der Waals surface area contributed by atoms with Gasteiger partial charge >= 0.3 is 12.0 Å². The van der Waals surface area contributed by atoms with E-state index in [4.69, 9.17) is 5.11 Å². The lowest BCUT2D eigenvalue weighted by Crippen LogP contribution is -2.49. The van der Waals surface area contributed by atoms with E-state index in [0.717, 1.165) is 46.1 Å². The van der Waals surface area contributed by atoms with E-state index < -0.39 is 17.6 Å². The molecule has 0 radical (unpaired) electrons. The molecule has 0 aromatic rings. The van der Waals surface area contributed by atoms with E-state index in [9.17, 15) is 14.7 Å². The van der Waals surface area contributed by atoms with E-state index in [-0.39, 0.29) is 6.54 Å². The summed E-state index contributed by atoms with van der Waals surface area (Å²) in [5, 5.41) is 26.4. The quantitative estimate of drug-likeness (QED) is 0.361. The van der Waals surface area contributed by atoms with E-state index in [2.05, 4.69) is 20.9 Å². The van der Waals surface area contributed by atoms with Gasteiger partial charge in [-0.05, 0) is 19.9 Å². The van der Waals surface area contributed by atoms with Gasteiger partial charge in [0.1, 0.15) is 0 Å². The van der Waals surface area contributed by atoms with Crippen molar-refractivity contribution in [3.05, 3.63) is 0 Å². The molecule has 8 nitrogen and oxygen atoms in total. The van der Waals surface area contributed by atoms with Gasteiger partial charge in [0.05, 0.1) is 6.54 Å². The molecule has 1 atom stereocenters. The van der Waals surface area contributed by atoms with Crippen molar-refractivity contribution in [3.63, 3.8) is 0 Å². The summed E-state index contributed by atoms with van der Waals surface area (Å²) in [6.07, 6.45) is 0.836. The van der Waals surface area contributed by atoms with Gasteiger partial charge in [-0.25, -0.2) is 9.59 Å². The largest absolute Gasteiger partial charge is 0.479 e. The average Bonchev–Trinajstić information content (AvgIpc) is 2.42. The molecule has 2 amide bonds. The minimum atomic E-state index is -1.95. The number of urea groups is 1. The van der Waals surface area contributed by atoms with Crippen molar-refractivity contribution in [1.29, 1.82) is 0 Å². The summed E-state index contributed by atoms with van der Waals surface area (Å²) in [5.74, 6) is -1.36. The lowest BCUT2D eigenvalue weighted by atomic mass is 10.1. The molecule has 0 aromatic heterocycles. The molecule has 1 saturated heterocycles. The second kappa shape index (κ2) is 8.03. The maximum Gasteiger partial charge on any atom is 0.337 e. The lowest BCUT2D eigenvalue weighted by Gasteiger charge is -2.27. The monoisotopic (exact) mass is 288 g/mol. The van der Waals surface area contributed by atoms with E-state index in [0.29, 0.717) is 6.54 Å². The Kier molecular flexibility index (Phi) is 6.69. The number of aliphatic carboxylic acids is 1. The summed E-state index contributed by atoms with van der Waals surface area (Å²) in [6.45, 7) is 6.30. The van der Waals surface area contributed by atoms with Crippen LogP contribution in [0, 0.1) is 0 Å². The molecular weight excluding hydrogens is 264 g/mol. The summed E-state index contributed by atoms with van der Waals surface area (Å²) in [6, 6.07) is -0.466. The normalized spacial score (nSPS) is 19.1. The van der Waals surface area contributed by atoms with Crippen molar-refractivity contribution < 1.29 is 19.8 Å². The Bertz CT molecular complexity index is 329. The third-order valence-electron chi connectivity index (χ3n) is 3.20. The molecule has 0 bridgehead atoms. The minimum Gasteiger partial charge on any atom is -0.479 e. The zero-order valence-corrected chi connectivity index (χ0v) is 11.8. The first-order valence-electron chi connectivity index (χ1n) is 6.82. The average molecular weight is 288 g/mol. The minimum absolute atomic E-state index is 0.327. The topological polar surface area (TPSA) is 114 Å². The van der Waals surface area contributed by atoms with Crippen LogP contribution in [0.1, 0.15) is 13.3 Å². The standard InChI is InChI=1S/C12H24N4O4/c1-12(20,10(17)18)9-15-11(19)14-3-2-6-16-7-4-13-5-8-16/h13,20H,2-9H2,1H3,(H,17,18)(H2,14,15,19). The first-order chi connectivity index (χ1) is 9.42. The molecule has 1 aliphatic rings. The molecule has 0 aliphatic carbocycles. The molecule has 116 valence electrons. The van der Waals surface area contributed by atoms with Crippen molar-refractivity contribution >= 4 is 12.0 Å². The van der Waals surface area contributed by atoms with Gasteiger partial charge in [0.25, 0.3) is 0 Å². The van der Waals surface area contributed by atoms with Crippen molar-refractivity contribution in [2.45, 2.75) is 18.9 Å². The number of hydrogen-bond donors (Lipinski definition) is 5. The van der Waals surface area contributed by atoms with Crippen LogP contribution in [0.15, 0.2) is 0 Å². The zero-order valence-electron chi connectivity index (χ0n) is 11.8. The van der Waals surface area contributed by atoms with Crippen LogP contribution >= 0.6 is 0 Å². The Balaban J connectivity index is 2.06. The van der Waals surface area contributed by atoms with Gasteiger partial charge in [-0.3, -0.25) is 0 Å². The van der Waals surface area contributed by atoms with Crippen LogP contribution in [0.2, 0.25) is 0 Å². The van der Waals surface area contributed by atoms with Crippen LogP contribution in [0.4, 0.5) is 4.79 Å². The number of aliphatic hydroxyl groups is 1. The number of hydrogen-bond acceptors (Lipinski definition) is 5. The number of nitrogens with zero attached hydrogens (tertiary/aromatic N) is 1. The Morgan fingerprint density at radius 1 is 1.30 bits per heavy atom. The van der Waals surface area contributed by atoms with E-state index in [1.807, 2.05) is 0 Å². The maximum absolute atomic E-state index is 11.4. The van der Waals surface area contributed by atoms with Gasteiger partial charge in [0, 0.05) is 32.7 Å². The second-order valence-electron chi connectivity index (χ2n) is 5.13. The highest BCUT2D eigenvalue weighted by molar-refractivity contribution is 5.79. The number of rotatable bonds is 7. The molecule has 0 aromatic carbocycles. The summed E-state index contributed by atoms with van der Waals surface area (Å²) in [4.78, 5) is 24.4. The first-order valence-corrected chi connectivity index (χ1v) is 6.82. The van der Waals surface area contributed by atoms with Gasteiger partial charge in [-0.2, -0.15) is 0 Å². The van der Waals surface area contributed by atoms with Gasteiger partial charge in [0.2, 0.25) is 0 Å². The van der Waals surface area contributed by atoms with Crippen molar-refractivity contribution in [2.24, 2.45) is 0 Å². The number of carbonyl (C=O) groups excluding carboxylic acids is 1. The van der Waals surface area contributed by atoms with Crippen LogP contribution in [-0.4, -0.2) is 78.5 Å². The zero-order chi connectivity index (χ0) is 15.0. The van der Waals surface area contributed by atoms with Crippen LogP contribution in [0.5, 0.6) is 0 Å². The van der Waals surface area contributed by atoms with Gasteiger partial charge in [0.15, 0.2) is 5.60 Å². The predicted octanol–water partition coefficient (Wildman–Crippen LogP) is -1.58. The summed E-state index contributed by atoms with van der Waals surface area (Å²) in [5.41, 5.74) is -1.95. The second-order valence-corrected chi connectivity index (χ2v) is 5.13. The Morgan fingerprint density at radius 3 is 2.55 bits per heavy atom. The summed E-state index contributed by atoms with van der Waals surface area (Å²) < 4.78 is 0. The van der Waals surface area contributed by atoms with Crippen molar-refractivity contribution in [1.82, 2.24) is 20.9 Å². The van der Waals surface area contributed by atoms with Crippen LogP contribution in [-0.2, 0) is 4.79 Å². The highest BCUT2D eigenvalue weighted by Crippen LogP contribution is 2.00. The SMILES string of the molecule is CC(O)(CNC(=O)NCCCN1CCNCC1)C(=O)O. The third kappa shape index (κ3) is 6.18. The number of carboxylic acids is 1. The van der Waals surface area contributed by atoms with Crippen LogP contribution in [0.25, 0.3) is 0 Å². The molecular formula is C12H24N4O4. The Hall–Kier alpha value is -1.38. The Morgan fingerprint density at radius 2 is 1.95 bits per heavy atom. The molecule has 1 fully saturated rings. The first kappa shape index (κ1) is 16.7. The summed E-state index contributed by atoms with van der Waals surface area (Å²) in [7, 11) is 0.